The average Bonchev–Trinajstić information content (AvgIpc) is 2.15. The van der Waals surface area contributed by atoms with E-state index in [1.807, 2.05) is 32.9 Å². The maximum atomic E-state index is 11.9. The third kappa shape index (κ3) is 4.31. The first-order valence-corrected chi connectivity index (χ1v) is 7.99. The Kier molecular flexibility index (Phi) is 5.00. The molecule has 0 heterocycles. The van der Waals surface area contributed by atoms with Gasteiger partial charge in [-0.3, -0.25) is 0 Å². The average molecular weight is 364 g/mol. The number of carbonyl (C=O) groups excluding carboxylic acids is 1. The van der Waals surface area contributed by atoms with E-state index in [2.05, 4.69) is 22.6 Å². The van der Waals surface area contributed by atoms with Gasteiger partial charge in [-0.25, -0.2) is 4.79 Å². The summed E-state index contributed by atoms with van der Waals surface area (Å²) in [6, 6.07) is 5.55. The Bertz CT molecular complexity index is 413. The van der Waals surface area contributed by atoms with Crippen LogP contribution in [0.1, 0.15) is 31.1 Å². The molecule has 1 rings (SSSR count). The molecule has 0 N–H and O–H groups in total. The Labute approximate surface area is 118 Å². The summed E-state index contributed by atoms with van der Waals surface area (Å²) >= 11 is 2.12. The summed E-state index contributed by atoms with van der Waals surface area (Å²) in [6.07, 6.45) is 0.499. The molecule has 0 saturated carbocycles. The van der Waals surface area contributed by atoms with Gasteiger partial charge in [0.05, 0.1) is 16.5 Å². The van der Waals surface area contributed by atoms with Gasteiger partial charge in [0, 0.05) is 3.57 Å². The van der Waals surface area contributed by atoms with Crippen LogP contribution in [0.5, 0.6) is 5.75 Å². The Morgan fingerprint density at radius 2 is 2.06 bits per heavy atom. The molecular formula is C12H17IO3Si. The number of esters is 1. The zero-order chi connectivity index (χ0) is 13.1. The molecule has 5 heteroatoms. The lowest BCUT2D eigenvalue weighted by molar-refractivity contribution is 0.0558. The molecule has 0 unspecified atom stereocenters. The Morgan fingerprint density at radius 1 is 1.41 bits per heavy atom. The molecule has 0 aliphatic rings. The number of hydrogen-bond acceptors (Lipinski definition) is 3. The molecule has 17 heavy (non-hydrogen) atoms. The molecule has 0 bridgehead atoms. The molecule has 0 atom stereocenters. The summed E-state index contributed by atoms with van der Waals surface area (Å²) in [4.78, 5) is 11.9. The second-order valence-corrected chi connectivity index (χ2v) is 6.29. The van der Waals surface area contributed by atoms with Crippen LogP contribution in [0.25, 0.3) is 0 Å². The number of ether oxygens (including phenoxy) is 2. The van der Waals surface area contributed by atoms with Crippen molar-refractivity contribution in [1.82, 2.24) is 0 Å². The van der Waals surface area contributed by atoms with Crippen LogP contribution >= 0.6 is 22.6 Å². The molecule has 1 aromatic carbocycles. The highest BCUT2D eigenvalue weighted by atomic mass is 127. The summed E-state index contributed by atoms with van der Waals surface area (Å²) < 4.78 is 11.7. The van der Waals surface area contributed by atoms with Gasteiger partial charge >= 0.3 is 5.97 Å². The molecule has 3 nitrogen and oxygen atoms in total. The van der Waals surface area contributed by atoms with Crippen LogP contribution in [0.4, 0.5) is 0 Å². The first-order chi connectivity index (χ1) is 7.85. The van der Waals surface area contributed by atoms with Gasteiger partial charge in [0.2, 0.25) is 0 Å². The standard InChI is InChI=1S/C12H17IO3Si/c1-12(2,3)16-9-6-4-5-8(13)10(9)11(14)15-7-17/h4-6H,7H2,1-3,17H3. The van der Waals surface area contributed by atoms with Crippen LogP contribution in [0.3, 0.4) is 0 Å². The lowest BCUT2D eigenvalue weighted by Gasteiger charge is -2.23. The van der Waals surface area contributed by atoms with Gasteiger partial charge in [-0.05, 0) is 55.5 Å². The zero-order valence-corrected chi connectivity index (χ0v) is 14.7. The number of carbonyl (C=O) groups is 1. The van der Waals surface area contributed by atoms with Crippen molar-refractivity contribution in [2.45, 2.75) is 26.4 Å². The normalized spacial score (nSPS) is 11.3. The molecule has 0 amide bonds. The van der Waals surface area contributed by atoms with E-state index in [-0.39, 0.29) is 11.6 Å². The van der Waals surface area contributed by atoms with Gasteiger partial charge in [0.15, 0.2) is 0 Å². The second kappa shape index (κ2) is 5.86. The topological polar surface area (TPSA) is 35.5 Å². The highest BCUT2D eigenvalue weighted by Crippen LogP contribution is 2.27. The van der Waals surface area contributed by atoms with Crippen molar-refractivity contribution in [3.05, 3.63) is 27.3 Å². The summed E-state index contributed by atoms with van der Waals surface area (Å²) in [5.74, 6) is 0.286. The van der Waals surface area contributed by atoms with Crippen LogP contribution in [0.15, 0.2) is 18.2 Å². The number of halogens is 1. The van der Waals surface area contributed by atoms with Crippen molar-refractivity contribution in [3.63, 3.8) is 0 Å². The molecular weight excluding hydrogens is 347 g/mol. The van der Waals surface area contributed by atoms with E-state index in [9.17, 15) is 4.79 Å². The van der Waals surface area contributed by atoms with E-state index in [1.54, 1.807) is 6.07 Å². The Hall–Kier alpha value is -0.563. The van der Waals surface area contributed by atoms with Gasteiger partial charge in [0.25, 0.3) is 0 Å². The van der Waals surface area contributed by atoms with E-state index in [0.717, 1.165) is 13.8 Å². The van der Waals surface area contributed by atoms with Gasteiger partial charge in [0.1, 0.15) is 16.9 Å². The monoisotopic (exact) mass is 364 g/mol. The van der Waals surface area contributed by atoms with Crippen molar-refractivity contribution in [1.29, 1.82) is 0 Å². The molecule has 0 aliphatic heterocycles. The highest BCUT2D eigenvalue weighted by Gasteiger charge is 2.21. The molecule has 0 spiro atoms. The lowest BCUT2D eigenvalue weighted by atomic mass is 10.1. The minimum absolute atomic E-state index is 0.302. The quantitative estimate of drug-likeness (QED) is 0.467. The third-order valence-electron chi connectivity index (χ3n) is 1.87. The molecule has 0 saturated heterocycles. The van der Waals surface area contributed by atoms with Gasteiger partial charge in [-0.15, -0.1) is 0 Å². The molecule has 0 fully saturated rings. The second-order valence-electron chi connectivity index (χ2n) is 4.55. The highest BCUT2D eigenvalue weighted by molar-refractivity contribution is 14.1. The predicted molar refractivity (Wildman–Crippen MR) is 79.8 cm³/mol. The first kappa shape index (κ1) is 14.5. The fraction of sp³-hybridized carbons (Fsp3) is 0.417. The van der Waals surface area contributed by atoms with Gasteiger partial charge in [-0.1, -0.05) is 6.07 Å². The van der Waals surface area contributed by atoms with Crippen LogP contribution in [0, 0.1) is 3.57 Å². The molecule has 0 radical (unpaired) electrons. The maximum absolute atomic E-state index is 11.9. The van der Waals surface area contributed by atoms with E-state index in [0.29, 0.717) is 17.5 Å². The Balaban J connectivity index is 3.13. The Morgan fingerprint density at radius 3 is 2.59 bits per heavy atom. The minimum atomic E-state index is -0.333. The molecule has 0 aromatic heterocycles. The smallest absolute Gasteiger partial charge is 0.342 e. The third-order valence-corrected chi connectivity index (χ3v) is 3.06. The van der Waals surface area contributed by atoms with Crippen molar-refractivity contribution < 1.29 is 14.3 Å². The number of rotatable bonds is 3. The van der Waals surface area contributed by atoms with E-state index >= 15 is 0 Å². The molecule has 0 aliphatic carbocycles. The van der Waals surface area contributed by atoms with Crippen LogP contribution in [-0.4, -0.2) is 28.0 Å². The molecule has 1 aromatic rings. The number of hydrogen-bond donors (Lipinski definition) is 0. The maximum Gasteiger partial charge on any atom is 0.342 e. The SMILES string of the molecule is CC(C)(C)Oc1cccc(I)c1C(=O)OC[SiH3]. The van der Waals surface area contributed by atoms with Gasteiger partial charge < -0.3 is 9.47 Å². The zero-order valence-electron chi connectivity index (χ0n) is 10.5. The number of benzene rings is 1. The fourth-order valence-electron chi connectivity index (χ4n) is 1.32. The predicted octanol–water partition coefficient (Wildman–Crippen LogP) is 1.95. The van der Waals surface area contributed by atoms with E-state index < -0.39 is 0 Å². The van der Waals surface area contributed by atoms with Crippen LogP contribution in [-0.2, 0) is 4.74 Å². The van der Waals surface area contributed by atoms with Crippen molar-refractivity contribution in [2.24, 2.45) is 0 Å². The summed E-state index contributed by atoms with van der Waals surface area (Å²) in [6.45, 7) is 5.86. The lowest BCUT2D eigenvalue weighted by Crippen LogP contribution is -2.24. The van der Waals surface area contributed by atoms with Crippen LogP contribution < -0.4 is 4.74 Å². The van der Waals surface area contributed by atoms with E-state index in [4.69, 9.17) is 9.47 Å². The largest absolute Gasteiger partial charge is 0.487 e. The van der Waals surface area contributed by atoms with Crippen molar-refractivity contribution in [2.75, 3.05) is 6.23 Å². The van der Waals surface area contributed by atoms with Crippen molar-refractivity contribution >= 4 is 38.8 Å². The summed E-state index contributed by atoms with van der Waals surface area (Å²) in [7, 11) is 0.840. The fourth-order valence-corrected chi connectivity index (χ4v) is 2.28. The first-order valence-electron chi connectivity index (χ1n) is 5.50. The van der Waals surface area contributed by atoms with Crippen molar-refractivity contribution in [3.8, 4) is 5.75 Å². The van der Waals surface area contributed by atoms with Crippen LogP contribution in [0.2, 0.25) is 0 Å². The summed E-state index contributed by atoms with van der Waals surface area (Å²) in [5.41, 5.74) is 0.194. The summed E-state index contributed by atoms with van der Waals surface area (Å²) in [5, 5.41) is 0. The minimum Gasteiger partial charge on any atom is -0.487 e. The molecule has 94 valence electrons. The van der Waals surface area contributed by atoms with Gasteiger partial charge in [-0.2, -0.15) is 0 Å². The van der Waals surface area contributed by atoms with E-state index in [1.165, 1.54) is 0 Å².